The highest BCUT2D eigenvalue weighted by molar-refractivity contribution is 5.36. The van der Waals surface area contributed by atoms with Gasteiger partial charge >= 0.3 is 5.92 Å². The van der Waals surface area contributed by atoms with Crippen molar-refractivity contribution in [3.8, 4) is 5.75 Å². The summed E-state index contributed by atoms with van der Waals surface area (Å²) in [7, 11) is 0. The van der Waals surface area contributed by atoms with Gasteiger partial charge in [0.05, 0.1) is 0 Å². The quantitative estimate of drug-likeness (QED) is 0.881. The van der Waals surface area contributed by atoms with Crippen LogP contribution in [0.25, 0.3) is 0 Å². The highest BCUT2D eigenvalue weighted by Gasteiger charge is 2.32. The lowest BCUT2D eigenvalue weighted by Crippen LogP contribution is -2.23. The molecule has 0 aromatic heterocycles. The number of aryl methyl sites for hydroxylation is 1. The van der Waals surface area contributed by atoms with Crippen molar-refractivity contribution in [3.63, 3.8) is 0 Å². The predicted molar refractivity (Wildman–Crippen MR) is 79.8 cm³/mol. The average molecular weight is 291 g/mol. The fraction of sp³-hybridized carbons (Fsp3) is 0.294. The molecular weight excluding hydrogens is 272 g/mol. The Morgan fingerprint density at radius 2 is 1.81 bits per heavy atom. The number of ether oxygens (including phenoxy) is 1. The molecule has 0 saturated heterocycles. The second-order valence-corrected chi connectivity index (χ2v) is 5.00. The molecule has 0 aliphatic heterocycles. The highest BCUT2D eigenvalue weighted by Crippen LogP contribution is 2.29. The van der Waals surface area contributed by atoms with Gasteiger partial charge in [-0.15, -0.1) is 0 Å². The smallest absolute Gasteiger partial charge is 0.306 e. The van der Waals surface area contributed by atoms with E-state index < -0.39 is 12.5 Å². The van der Waals surface area contributed by atoms with Gasteiger partial charge in [0, 0.05) is 5.56 Å². The third kappa shape index (κ3) is 4.02. The van der Waals surface area contributed by atoms with Crippen LogP contribution in [0.1, 0.15) is 16.7 Å². The largest absolute Gasteiger partial charge is 0.487 e. The molecule has 0 aliphatic rings. The Morgan fingerprint density at radius 3 is 2.43 bits per heavy atom. The van der Waals surface area contributed by atoms with E-state index in [4.69, 9.17) is 10.5 Å². The first kappa shape index (κ1) is 15.4. The molecule has 2 rings (SSSR count). The van der Waals surface area contributed by atoms with Crippen LogP contribution in [-0.4, -0.2) is 13.2 Å². The molecule has 0 saturated carbocycles. The summed E-state index contributed by atoms with van der Waals surface area (Å²) in [6.07, 6.45) is 0.765. The van der Waals surface area contributed by atoms with Gasteiger partial charge in [0.2, 0.25) is 0 Å². The SMILES string of the molecule is Cc1cc(CCN)ccc1OCC(F)(F)c1ccccc1. The summed E-state index contributed by atoms with van der Waals surface area (Å²) < 4.78 is 33.4. The van der Waals surface area contributed by atoms with Gasteiger partial charge in [-0.25, -0.2) is 0 Å². The number of alkyl halides is 2. The monoisotopic (exact) mass is 291 g/mol. The van der Waals surface area contributed by atoms with Crippen molar-refractivity contribution in [1.82, 2.24) is 0 Å². The fourth-order valence-corrected chi connectivity index (χ4v) is 2.13. The van der Waals surface area contributed by atoms with Crippen molar-refractivity contribution < 1.29 is 13.5 Å². The van der Waals surface area contributed by atoms with Gasteiger partial charge in [-0.3, -0.25) is 0 Å². The van der Waals surface area contributed by atoms with Crippen molar-refractivity contribution in [3.05, 3.63) is 65.2 Å². The van der Waals surface area contributed by atoms with Crippen LogP contribution in [0.5, 0.6) is 5.75 Å². The molecule has 0 aliphatic carbocycles. The van der Waals surface area contributed by atoms with Crippen LogP contribution in [0, 0.1) is 6.92 Å². The molecular formula is C17H19F2NO. The van der Waals surface area contributed by atoms with E-state index in [9.17, 15) is 8.78 Å². The standard InChI is InChI=1S/C17H19F2NO/c1-13-11-14(9-10-20)7-8-16(13)21-12-17(18,19)15-5-3-2-4-6-15/h2-8,11H,9-10,12,20H2,1H3. The third-order valence-electron chi connectivity index (χ3n) is 3.28. The van der Waals surface area contributed by atoms with E-state index in [-0.39, 0.29) is 5.56 Å². The molecule has 0 spiro atoms. The summed E-state index contributed by atoms with van der Waals surface area (Å²) in [6, 6.07) is 13.2. The Bertz CT molecular complexity index is 585. The van der Waals surface area contributed by atoms with E-state index in [1.807, 2.05) is 19.1 Å². The molecule has 2 aromatic rings. The lowest BCUT2D eigenvalue weighted by Gasteiger charge is -2.18. The van der Waals surface area contributed by atoms with Crippen LogP contribution in [-0.2, 0) is 12.3 Å². The first-order valence-corrected chi connectivity index (χ1v) is 6.88. The Balaban J connectivity index is 2.06. The molecule has 112 valence electrons. The van der Waals surface area contributed by atoms with Gasteiger partial charge in [-0.05, 0) is 37.1 Å². The summed E-state index contributed by atoms with van der Waals surface area (Å²) >= 11 is 0. The summed E-state index contributed by atoms with van der Waals surface area (Å²) in [5.41, 5.74) is 7.38. The van der Waals surface area contributed by atoms with Crippen molar-refractivity contribution in [1.29, 1.82) is 0 Å². The summed E-state index contributed by atoms with van der Waals surface area (Å²) in [5.74, 6) is -2.53. The van der Waals surface area contributed by atoms with E-state index in [0.717, 1.165) is 17.5 Å². The van der Waals surface area contributed by atoms with Crippen LogP contribution in [0.3, 0.4) is 0 Å². The number of halogens is 2. The lowest BCUT2D eigenvalue weighted by atomic mass is 10.1. The number of benzene rings is 2. The molecule has 0 heterocycles. The Kier molecular flexibility index (Phi) is 4.91. The average Bonchev–Trinajstić information content (AvgIpc) is 2.48. The third-order valence-corrected chi connectivity index (χ3v) is 3.28. The van der Waals surface area contributed by atoms with Crippen LogP contribution >= 0.6 is 0 Å². The predicted octanol–water partition coefficient (Wildman–Crippen LogP) is 3.67. The topological polar surface area (TPSA) is 35.2 Å². The van der Waals surface area contributed by atoms with Gasteiger partial charge in [-0.1, -0.05) is 42.5 Å². The highest BCUT2D eigenvalue weighted by atomic mass is 19.3. The normalized spacial score (nSPS) is 11.4. The molecule has 0 atom stereocenters. The van der Waals surface area contributed by atoms with E-state index in [1.165, 1.54) is 12.1 Å². The minimum absolute atomic E-state index is 0.0394. The maximum Gasteiger partial charge on any atom is 0.306 e. The number of hydrogen-bond acceptors (Lipinski definition) is 2. The van der Waals surface area contributed by atoms with Gasteiger partial charge in [-0.2, -0.15) is 8.78 Å². The van der Waals surface area contributed by atoms with Crippen molar-refractivity contribution in [2.45, 2.75) is 19.3 Å². The minimum atomic E-state index is -3.01. The van der Waals surface area contributed by atoms with Crippen LogP contribution < -0.4 is 10.5 Å². The van der Waals surface area contributed by atoms with Crippen molar-refractivity contribution >= 4 is 0 Å². The summed E-state index contributed by atoms with van der Waals surface area (Å²) in [5, 5.41) is 0. The maximum absolute atomic E-state index is 14.0. The molecule has 2 aromatic carbocycles. The first-order valence-electron chi connectivity index (χ1n) is 6.88. The van der Waals surface area contributed by atoms with Crippen LogP contribution in [0.2, 0.25) is 0 Å². The zero-order valence-corrected chi connectivity index (χ0v) is 12.0. The second kappa shape index (κ2) is 6.68. The van der Waals surface area contributed by atoms with Gasteiger partial charge in [0.25, 0.3) is 0 Å². The van der Waals surface area contributed by atoms with Gasteiger partial charge < -0.3 is 10.5 Å². The Hall–Kier alpha value is -1.94. The Labute approximate surface area is 123 Å². The number of nitrogens with two attached hydrogens (primary N) is 1. The maximum atomic E-state index is 14.0. The van der Waals surface area contributed by atoms with Crippen molar-refractivity contribution in [2.75, 3.05) is 13.2 Å². The summed E-state index contributed by atoms with van der Waals surface area (Å²) in [6.45, 7) is 1.73. The molecule has 2 nitrogen and oxygen atoms in total. The molecule has 21 heavy (non-hydrogen) atoms. The van der Waals surface area contributed by atoms with E-state index >= 15 is 0 Å². The molecule has 0 fully saturated rings. The number of hydrogen-bond donors (Lipinski definition) is 1. The molecule has 0 amide bonds. The Morgan fingerprint density at radius 1 is 1.10 bits per heavy atom. The molecule has 4 heteroatoms. The molecule has 2 N–H and O–H groups in total. The van der Waals surface area contributed by atoms with Gasteiger partial charge in [0.15, 0.2) is 6.61 Å². The zero-order chi connectivity index (χ0) is 15.3. The second-order valence-electron chi connectivity index (χ2n) is 5.00. The summed E-state index contributed by atoms with van der Waals surface area (Å²) in [4.78, 5) is 0. The fourth-order valence-electron chi connectivity index (χ4n) is 2.13. The molecule has 0 radical (unpaired) electrons. The molecule has 0 unspecified atom stereocenters. The van der Waals surface area contributed by atoms with E-state index in [1.54, 1.807) is 24.3 Å². The minimum Gasteiger partial charge on any atom is -0.487 e. The van der Waals surface area contributed by atoms with Crippen molar-refractivity contribution in [2.24, 2.45) is 5.73 Å². The molecule has 0 bridgehead atoms. The zero-order valence-electron chi connectivity index (χ0n) is 12.0. The number of rotatable bonds is 6. The van der Waals surface area contributed by atoms with Crippen LogP contribution in [0.4, 0.5) is 8.78 Å². The van der Waals surface area contributed by atoms with E-state index in [0.29, 0.717) is 12.3 Å². The lowest BCUT2D eigenvalue weighted by molar-refractivity contribution is -0.0468. The first-order chi connectivity index (χ1) is 10.0. The van der Waals surface area contributed by atoms with Gasteiger partial charge in [0.1, 0.15) is 5.75 Å². The van der Waals surface area contributed by atoms with Crippen LogP contribution in [0.15, 0.2) is 48.5 Å². The van der Waals surface area contributed by atoms with E-state index in [2.05, 4.69) is 0 Å².